The van der Waals surface area contributed by atoms with Crippen LogP contribution in [0.5, 0.6) is 0 Å². The Bertz CT molecular complexity index is 820. The topological polar surface area (TPSA) is 93.7 Å². The third kappa shape index (κ3) is 5.65. The number of hydrogen-bond acceptors (Lipinski definition) is 5. The van der Waals surface area contributed by atoms with Crippen molar-refractivity contribution < 1.29 is 23.9 Å². The molecule has 0 radical (unpaired) electrons. The highest BCUT2D eigenvalue weighted by atomic mass is 16.5. The summed E-state index contributed by atoms with van der Waals surface area (Å²) in [5.74, 6) is -1.24. The van der Waals surface area contributed by atoms with Crippen molar-refractivity contribution in [1.82, 2.24) is 5.32 Å². The third-order valence-corrected chi connectivity index (χ3v) is 3.65. The minimum Gasteiger partial charge on any atom is -0.462 e. The first-order chi connectivity index (χ1) is 13.1. The standard InChI is InChI=1S/C20H22N2O5/c1-3-27-20(25)16-9-4-5-10-17(16)22-19(24)15-8-6-7-14(13-15)18(23)21-11-12-26-2/h4-10,13H,3,11-12H2,1-2H3,(H,21,23)(H,22,24). The Morgan fingerprint density at radius 2 is 1.67 bits per heavy atom. The predicted octanol–water partition coefficient (Wildman–Crippen LogP) is 2.49. The SMILES string of the molecule is CCOC(=O)c1ccccc1NC(=O)c1cccc(C(=O)NCCOC)c1. The molecule has 7 nitrogen and oxygen atoms in total. The summed E-state index contributed by atoms with van der Waals surface area (Å²) < 4.78 is 9.89. The predicted molar refractivity (Wildman–Crippen MR) is 101 cm³/mol. The Morgan fingerprint density at radius 3 is 2.37 bits per heavy atom. The van der Waals surface area contributed by atoms with E-state index in [1.165, 1.54) is 6.07 Å². The van der Waals surface area contributed by atoms with Crippen LogP contribution in [0.4, 0.5) is 5.69 Å². The van der Waals surface area contributed by atoms with Crippen LogP contribution in [0.1, 0.15) is 38.0 Å². The fraction of sp³-hybridized carbons (Fsp3) is 0.250. The number of para-hydroxylation sites is 1. The van der Waals surface area contributed by atoms with Gasteiger partial charge in [0.25, 0.3) is 11.8 Å². The van der Waals surface area contributed by atoms with E-state index >= 15 is 0 Å². The van der Waals surface area contributed by atoms with E-state index in [-0.39, 0.29) is 18.1 Å². The molecule has 0 unspecified atom stereocenters. The maximum absolute atomic E-state index is 12.6. The van der Waals surface area contributed by atoms with Crippen LogP contribution < -0.4 is 10.6 Å². The van der Waals surface area contributed by atoms with E-state index < -0.39 is 11.9 Å². The van der Waals surface area contributed by atoms with Crippen molar-refractivity contribution in [2.45, 2.75) is 6.92 Å². The number of anilines is 1. The van der Waals surface area contributed by atoms with Gasteiger partial charge in [-0.05, 0) is 37.3 Å². The van der Waals surface area contributed by atoms with Gasteiger partial charge in [0.1, 0.15) is 0 Å². The lowest BCUT2D eigenvalue weighted by atomic mass is 10.1. The van der Waals surface area contributed by atoms with Crippen LogP contribution >= 0.6 is 0 Å². The first kappa shape index (κ1) is 20.1. The highest BCUT2D eigenvalue weighted by Crippen LogP contribution is 2.18. The zero-order chi connectivity index (χ0) is 19.6. The van der Waals surface area contributed by atoms with Crippen LogP contribution in [-0.2, 0) is 9.47 Å². The molecule has 0 spiro atoms. The van der Waals surface area contributed by atoms with Crippen molar-refractivity contribution in [3.8, 4) is 0 Å². The number of ether oxygens (including phenoxy) is 2. The average Bonchev–Trinajstić information content (AvgIpc) is 2.68. The van der Waals surface area contributed by atoms with E-state index in [0.29, 0.717) is 30.0 Å². The summed E-state index contributed by atoms with van der Waals surface area (Å²) in [6.45, 7) is 2.72. The molecule has 0 saturated heterocycles. The molecule has 2 N–H and O–H groups in total. The molecule has 0 atom stereocenters. The molecule has 7 heteroatoms. The summed E-state index contributed by atoms with van der Waals surface area (Å²) in [5, 5.41) is 5.39. The monoisotopic (exact) mass is 370 g/mol. The second-order valence-corrected chi connectivity index (χ2v) is 5.55. The number of methoxy groups -OCH3 is 1. The molecular formula is C20H22N2O5. The minimum atomic E-state index is -0.514. The summed E-state index contributed by atoms with van der Waals surface area (Å²) >= 11 is 0. The summed E-state index contributed by atoms with van der Waals surface area (Å²) in [7, 11) is 1.55. The molecule has 27 heavy (non-hydrogen) atoms. The van der Waals surface area contributed by atoms with Crippen molar-refractivity contribution in [2.24, 2.45) is 0 Å². The van der Waals surface area contributed by atoms with Gasteiger partial charge in [0.15, 0.2) is 0 Å². The number of amides is 2. The molecule has 2 amide bonds. The van der Waals surface area contributed by atoms with Crippen LogP contribution in [0.3, 0.4) is 0 Å². The molecule has 2 aromatic rings. The summed E-state index contributed by atoms with van der Waals surface area (Å²) in [6, 6.07) is 12.9. The van der Waals surface area contributed by atoms with Crippen molar-refractivity contribution >= 4 is 23.5 Å². The van der Waals surface area contributed by atoms with Gasteiger partial charge in [-0.1, -0.05) is 18.2 Å². The summed E-state index contributed by atoms with van der Waals surface area (Å²) in [4.78, 5) is 36.7. The van der Waals surface area contributed by atoms with Crippen LogP contribution in [0.2, 0.25) is 0 Å². The van der Waals surface area contributed by atoms with E-state index in [4.69, 9.17) is 9.47 Å². The number of rotatable bonds is 8. The molecule has 0 bridgehead atoms. The number of esters is 1. The first-order valence-corrected chi connectivity index (χ1v) is 8.51. The fourth-order valence-electron chi connectivity index (χ4n) is 2.34. The Labute approximate surface area is 157 Å². The van der Waals surface area contributed by atoms with Gasteiger partial charge < -0.3 is 20.1 Å². The average molecular weight is 370 g/mol. The lowest BCUT2D eigenvalue weighted by molar-refractivity contribution is 0.0527. The fourth-order valence-corrected chi connectivity index (χ4v) is 2.34. The van der Waals surface area contributed by atoms with Crippen LogP contribution in [0, 0.1) is 0 Å². The maximum atomic E-state index is 12.6. The third-order valence-electron chi connectivity index (χ3n) is 3.65. The highest BCUT2D eigenvalue weighted by molar-refractivity contribution is 6.09. The van der Waals surface area contributed by atoms with Crippen molar-refractivity contribution in [3.05, 3.63) is 65.2 Å². The minimum absolute atomic E-state index is 0.237. The molecule has 0 saturated carbocycles. The maximum Gasteiger partial charge on any atom is 0.340 e. The number of carbonyl (C=O) groups excluding carboxylic acids is 3. The second kappa shape index (κ2) is 10.1. The Kier molecular flexibility index (Phi) is 7.51. The number of hydrogen-bond donors (Lipinski definition) is 2. The number of carbonyl (C=O) groups is 3. The molecule has 2 rings (SSSR count). The Morgan fingerprint density at radius 1 is 0.963 bits per heavy atom. The smallest absolute Gasteiger partial charge is 0.340 e. The van der Waals surface area contributed by atoms with Gasteiger partial charge in [-0.2, -0.15) is 0 Å². The van der Waals surface area contributed by atoms with Crippen LogP contribution in [0.25, 0.3) is 0 Å². The molecule has 0 aromatic heterocycles. The van der Waals surface area contributed by atoms with E-state index in [0.717, 1.165) is 0 Å². The largest absolute Gasteiger partial charge is 0.462 e. The van der Waals surface area contributed by atoms with Crippen LogP contribution in [-0.4, -0.2) is 44.7 Å². The second-order valence-electron chi connectivity index (χ2n) is 5.55. The van der Waals surface area contributed by atoms with Gasteiger partial charge in [0.2, 0.25) is 0 Å². The van der Waals surface area contributed by atoms with Gasteiger partial charge in [0.05, 0.1) is 24.5 Å². The highest BCUT2D eigenvalue weighted by Gasteiger charge is 2.16. The van der Waals surface area contributed by atoms with Gasteiger partial charge in [-0.15, -0.1) is 0 Å². The van der Waals surface area contributed by atoms with E-state index in [9.17, 15) is 14.4 Å². The zero-order valence-corrected chi connectivity index (χ0v) is 15.3. The lowest BCUT2D eigenvalue weighted by Crippen LogP contribution is -2.27. The first-order valence-electron chi connectivity index (χ1n) is 8.51. The molecule has 142 valence electrons. The number of benzene rings is 2. The quantitative estimate of drug-likeness (QED) is 0.550. The Balaban J connectivity index is 2.14. The van der Waals surface area contributed by atoms with Crippen molar-refractivity contribution in [1.29, 1.82) is 0 Å². The lowest BCUT2D eigenvalue weighted by Gasteiger charge is -2.11. The van der Waals surface area contributed by atoms with Crippen molar-refractivity contribution in [2.75, 3.05) is 32.2 Å². The van der Waals surface area contributed by atoms with E-state index in [2.05, 4.69) is 10.6 Å². The molecule has 0 aliphatic rings. The van der Waals surface area contributed by atoms with Gasteiger partial charge in [-0.25, -0.2) is 4.79 Å². The van der Waals surface area contributed by atoms with E-state index in [1.807, 2.05) is 0 Å². The molecule has 0 fully saturated rings. The summed E-state index contributed by atoms with van der Waals surface area (Å²) in [5.41, 5.74) is 1.27. The van der Waals surface area contributed by atoms with Gasteiger partial charge in [-0.3, -0.25) is 9.59 Å². The molecule has 0 heterocycles. The van der Waals surface area contributed by atoms with Gasteiger partial charge in [0, 0.05) is 24.8 Å². The van der Waals surface area contributed by atoms with Crippen LogP contribution in [0.15, 0.2) is 48.5 Å². The summed E-state index contributed by atoms with van der Waals surface area (Å²) in [6.07, 6.45) is 0. The van der Waals surface area contributed by atoms with Gasteiger partial charge >= 0.3 is 5.97 Å². The van der Waals surface area contributed by atoms with Crippen molar-refractivity contribution in [3.63, 3.8) is 0 Å². The van der Waals surface area contributed by atoms with E-state index in [1.54, 1.807) is 56.5 Å². The normalized spacial score (nSPS) is 10.1. The molecule has 2 aromatic carbocycles. The molecular weight excluding hydrogens is 348 g/mol. The molecule has 0 aliphatic carbocycles. The molecule has 0 aliphatic heterocycles. The zero-order valence-electron chi connectivity index (χ0n) is 15.3. The Hall–Kier alpha value is -3.19. The number of nitrogens with one attached hydrogen (secondary N) is 2.